The van der Waals surface area contributed by atoms with Gasteiger partial charge in [-0.05, 0) is 63.8 Å². The molecule has 114 valence electrons. The van der Waals surface area contributed by atoms with Crippen LogP contribution in [0.2, 0.25) is 0 Å². The molecule has 0 bridgehead atoms. The third-order valence-corrected chi connectivity index (χ3v) is 4.17. The lowest BCUT2D eigenvalue weighted by Gasteiger charge is -2.19. The monoisotopic (exact) mass is 294 g/mol. The summed E-state index contributed by atoms with van der Waals surface area (Å²) in [4.78, 5) is 5.54. The van der Waals surface area contributed by atoms with E-state index in [1.165, 1.54) is 16.5 Å². The van der Waals surface area contributed by atoms with E-state index in [0.717, 1.165) is 17.0 Å². The Morgan fingerprint density at radius 1 is 1.00 bits per heavy atom. The first-order valence-corrected chi connectivity index (χ1v) is 7.56. The van der Waals surface area contributed by atoms with Gasteiger partial charge in [-0.25, -0.2) is 0 Å². The summed E-state index contributed by atoms with van der Waals surface area (Å²) >= 11 is 0. The van der Waals surface area contributed by atoms with E-state index in [4.69, 9.17) is 4.74 Å². The largest absolute Gasteiger partial charge is 0.457 e. The van der Waals surface area contributed by atoms with Crippen LogP contribution in [0.4, 0.5) is 0 Å². The van der Waals surface area contributed by atoms with Gasteiger partial charge in [0.1, 0.15) is 11.5 Å². The minimum absolute atomic E-state index is 0.350. The van der Waals surface area contributed by atoms with E-state index in [1.807, 2.05) is 18.2 Å². The number of benzene rings is 2. The maximum absolute atomic E-state index is 5.98. The molecule has 0 saturated heterocycles. The van der Waals surface area contributed by atoms with Crippen molar-refractivity contribution in [2.75, 3.05) is 14.1 Å². The predicted molar refractivity (Wildman–Crippen MR) is 91.7 cm³/mol. The minimum Gasteiger partial charge on any atom is -0.457 e. The molecule has 1 heterocycles. The summed E-state index contributed by atoms with van der Waals surface area (Å²) in [5.74, 6) is 1.73. The molecule has 1 N–H and O–H groups in total. The van der Waals surface area contributed by atoms with Crippen LogP contribution in [0.15, 0.2) is 48.7 Å². The zero-order valence-corrected chi connectivity index (χ0v) is 13.6. The highest BCUT2D eigenvalue weighted by atomic mass is 16.5. The van der Waals surface area contributed by atoms with Gasteiger partial charge in [-0.3, -0.25) is 0 Å². The number of H-pyrrole nitrogens is 1. The number of hydrogen-bond acceptors (Lipinski definition) is 2. The SMILES string of the molecule is Cc1ccc(Oc2ccc3[nH]cc(C(C)N(C)C)c3c2)cc1. The molecule has 0 spiro atoms. The Labute approximate surface area is 131 Å². The van der Waals surface area contributed by atoms with Gasteiger partial charge in [-0.1, -0.05) is 17.7 Å². The lowest BCUT2D eigenvalue weighted by molar-refractivity contribution is 0.323. The number of aromatic amines is 1. The molecule has 0 fully saturated rings. The van der Waals surface area contributed by atoms with Crippen LogP contribution in [0.25, 0.3) is 10.9 Å². The molecule has 0 amide bonds. The first-order valence-electron chi connectivity index (χ1n) is 7.56. The normalized spacial score (nSPS) is 12.8. The van der Waals surface area contributed by atoms with Gasteiger partial charge in [0.15, 0.2) is 0 Å². The molecule has 0 radical (unpaired) electrons. The molecule has 2 aromatic carbocycles. The van der Waals surface area contributed by atoms with E-state index in [1.54, 1.807) is 0 Å². The molecule has 1 atom stereocenters. The molecule has 0 saturated carbocycles. The van der Waals surface area contributed by atoms with Gasteiger partial charge in [-0.15, -0.1) is 0 Å². The molecule has 3 heteroatoms. The smallest absolute Gasteiger partial charge is 0.128 e. The number of nitrogens with one attached hydrogen (secondary N) is 1. The zero-order valence-electron chi connectivity index (χ0n) is 13.6. The lowest BCUT2D eigenvalue weighted by atomic mass is 10.1. The Hall–Kier alpha value is -2.26. The fourth-order valence-electron chi connectivity index (χ4n) is 2.55. The number of ether oxygens (including phenoxy) is 1. The summed E-state index contributed by atoms with van der Waals surface area (Å²) in [5.41, 5.74) is 3.66. The number of rotatable bonds is 4. The molecule has 3 aromatic rings. The third kappa shape index (κ3) is 2.85. The number of aryl methyl sites for hydroxylation is 1. The van der Waals surface area contributed by atoms with E-state index in [0.29, 0.717) is 6.04 Å². The van der Waals surface area contributed by atoms with Gasteiger partial charge in [-0.2, -0.15) is 0 Å². The predicted octanol–water partition coefficient (Wildman–Crippen LogP) is 4.89. The van der Waals surface area contributed by atoms with E-state index in [9.17, 15) is 0 Å². The summed E-state index contributed by atoms with van der Waals surface area (Å²) < 4.78 is 5.98. The molecule has 0 aliphatic rings. The average Bonchev–Trinajstić information content (AvgIpc) is 2.92. The number of nitrogens with zero attached hydrogens (tertiary/aromatic N) is 1. The Kier molecular flexibility index (Phi) is 3.90. The second kappa shape index (κ2) is 5.85. The summed E-state index contributed by atoms with van der Waals surface area (Å²) in [6.45, 7) is 4.28. The Morgan fingerprint density at radius 2 is 1.68 bits per heavy atom. The van der Waals surface area contributed by atoms with Crippen LogP contribution in [0.1, 0.15) is 24.1 Å². The van der Waals surface area contributed by atoms with Crippen molar-refractivity contribution in [3.05, 3.63) is 59.8 Å². The molecule has 3 rings (SSSR count). The highest BCUT2D eigenvalue weighted by molar-refractivity contribution is 5.85. The molecular weight excluding hydrogens is 272 g/mol. The number of hydrogen-bond donors (Lipinski definition) is 1. The maximum Gasteiger partial charge on any atom is 0.128 e. The second-order valence-electron chi connectivity index (χ2n) is 6.01. The quantitative estimate of drug-likeness (QED) is 0.742. The number of aromatic nitrogens is 1. The van der Waals surface area contributed by atoms with Crippen LogP contribution in [-0.2, 0) is 0 Å². The summed E-state index contributed by atoms with van der Waals surface area (Å²) in [6, 6.07) is 14.7. The van der Waals surface area contributed by atoms with Crippen molar-refractivity contribution in [1.82, 2.24) is 9.88 Å². The van der Waals surface area contributed by atoms with Gasteiger partial charge in [0.2, 0.25) is 0 Å². The van der Waals surface area contributed by atoms with E-state index >= 15 is 0 Å². The van der Waals surface area contributed by atoms with Gasteiger partial charge < -0.3 is 14.6 Å². The van der Waals surface area contributed by atoms with Crippen LogP contribution < -0.4 is 4.74 Å². The lowest BCUT2D eigenvalue weighted by Crippen LogP contribution is -2.16. The summed E-state index contributed by atoms with van der Waals surface area (Å²) in [7, 11) is 4.19. The van der Waals surface area contributed by atoms with Crippen molar-refractivity contribution in [3.63, 3.8) is 0 Å². The first-order chi connectivity index (χ1) is 10.5. The van der Waals surface area contributed by atoms with Crippen molar-refractivity contribution in [1.29, 1.82) is 0 Å². The second-order valence-corrected chi connectivity index (χ2v) is 6.01. The van der Waals surface area contributed by atoms with E-state index in [-0.39, 0.29) is 0 Å². The Morgan fingerprint density at radius 3 is 2.36 bits per heavy atom. The highest BCUT2D eigenvalue weighted by Gasteiger charge is 2.13. The fourth-order valence-corrected chi connectivity index (χ4v) is 2.55. The van der Waals surface area contributed by atoms with E-state index < -0.39 is 0 Å². The summed E-state index contributed by atoms with van der Waals surface area (Å²) in [5, 5.41) is 1.21. The molecule has 1 aromatic heterocycles. The Bertz CT molecular complexity index is 772. The van der Waals surface area contributed by atoms with Gasteiger partial charge in [0.25, 0.3) is 0 Å². The summed E-state index contributed by atoms with van der Waals surface area (Å²) in [6.07, 6.45) is 2.09. The first kappa shape index (κ1) is 14.7. The molecule has 0 aliphatic carbocycles. The van der Waals surface area contributed by atoms with Gasteiger partial charge in [0.05, 0.1) is 0 Å². The van der Waals surface area contributed by atoms with Crippen molar-refractivity contribution in [2.24, 2.45) is 0 Å². The van der Waals surface area contributed by atoms with Crippen molar-refractivity contribution in [3.8, 4) is 11.5 Å². The van der Waals surface area contributed by atoms with Crippen molar-refractivity contribution < 1.29 is 4.74 Å². The molecule has 0 aliphatic heterocycles. The molecule has 3 nitrogen and oxygen atoms in total. The van der Waals surface area contributed by atoms with Crippen molar-refractivity contribution >= 4 is 10.9 Å². The van der Waals surface area contributed by atoms with Crippen LogP contribution in [0.3, 0.4) is 0 Å². The maximum atomic E-state index is 5.98. The van der Waals surface area contributed by atoms with E-state index in [2.05, 4.69) is 68.3 Å². The number of fused-ring (bicyclic) bond motifs is 1. The Balaban J connectivity index is 1.94. The molecule has 1 unspecified atom stereocenters. The molecule has 22 heavy (non-hydrogen) atoms. The standard InChI is InChI=1S/C19H22N2O/c1-13-5-7-15(8-6-13)22-16-9-10-19-17(11-16)18(12-20-19)14(2)21(3)4/h5-12,14,20H,1-4H3. The highest BCUT2D eigenvalue weighted by Crippen LogP contribution is 2.31. The fraction of sp³-hybridized carbons (Fsp3) is 0.263. The minimum atomic E-state index is 0.350. The van der Waals surface area contributed by atoms with Crippen LogP contribution >= 0.6 is 0 Å². The van der Waals surface area contributed by atoms with Crippen LogP contribution in [0.5, 0.6) is 11.5 Å². The average molecular weight is 294 g/mol. The zero-order chi connectivity index (χ0) is 15.7. The van der Waals surface area contributed by atoms with Crippen LogP contribution in [-0.4, -0.2) is 24.0 Å². The van der Waals surface area contributed by atoms with Gasteiger partial charge in [0, 0.05) is 23.1 Å². The van der Waals surface area contributed by atoms with Crippen molar-refractivity contribution in [2.45, 2.75) is 19.9 Å². The van der Waals surface area contributed by atoms with Gasteiger partial charge >= 0.3 is 0 Å². The topological polar surface area (TPSA) is 28.3 Å². The third-order valence-electron chi connectivity index (χ3n) is 4.17. The molecular formula is C19H22N2O. The van der Waals surface area contributed by atoms with Crippen LogP contribution in [0, 0.1) is 6.92 Å².